The second-order valence-corrected chi connectivity index (χ2v) is 5.98. The molecule has 0 unspecified atom stereocenters. The Morgan fingerprint density at radius 3 is 2.90 bits per heavy atom. The van der Waals surface area contributed by atoms with Crippen molar-refractivity contribution in [1.29, 1.82) is 0 Å². The average Bonchev–Trinajstić information content (AvgIpc) is 3.09. The molecule has 0 amide bonds. The number of benzene rings is 1. The number of aryl methyl sites for hydroxylation is 1. The van der Waals surface area contributed by atoms with Crippen LogP contribution in [0.4, 0.5) is 0 Å². The molecule has 2 N–H and O–H groups in total. The van der Waals surface area contributed by atoms with Gasteiger partial charge in [0.05, 0.1) is 12.1 Å². The molecule has 0 aliphatic carbocycles. The highest BCUT2D eigenvalue weighted by Gasteiger charge is 2.08. The van der Waals surface area contributed by atoms with E-state index in [2.05, 4.69) is 40.0 Å². The van der Waals surface area contributed by atoms with Gasteiger partial charge in [-0.15, -0.1) is 11.3 Å². The summed E-state index contributed by atoms with van der Waals surface area (Å²) in [6.45, 7) is 1.68. The van der Waals surface area contributed by atoms with Crippen LogP contribution in [0, 0.1) is 0 Å². The van der Waals surface area contributed by atoms with Gasteiger partial charge in [-0.3, -0.25) is 4.98 Å². The van der Waals surface area contributed by atoms with Crippen LogP contribution < -0.4 is 5.73 Å². The van der Waals surface area contributed by atoms with E-state index in [1.54, 1.807) is 11.3 Å². The van der Waals surface area contributed by atoms with E-state index < -0.39 is 0 Å². The smallest absolute Gasteiger partial charge is 0.0794 e. The fraction of sp³-hybridized carbons (Fsp3) is 0.312. The van der Waals surface area contributed by atoms with Crippen LogP contribution in [0.25, 0.3) is 10.9 Å². The first-order chi connectivity index (χ1) is 9.88. The fourth-order valence-corrected chi connectivity index (χ4v) is 3.19. The molecule has 3 rings (SSSR count). The van der Waals surface area contributed by atoms with Crippen molar-refractivity contribution in [2.24, 2.45) is 5.73 Å². The molecule has 0 radical (unpaired) electrons. The number of nitrogens with zero attached hydrogens (tertiary/aromatic N) is 2. The summed E-state index contributed by atoms with van der Waals surface area (Å²) in [6.07, 6.45) is 7.60. The molecule has 0 saturated heterocycles. The van der Waals surface area contributed by atoms with Crippen molar-refractivity contribution in [3.05, 3.63) is 52.6 Å². The number of hydrogen-bond acceptors (Lipinski definition) is 3. The van der Waals surface area contributed by atoms with Gasteiger partial charge < -0.3 is 10.3 Å². The van der Waals surface area contributed by atoms with Gasteiger partial charge in [-0.25, -0.2) is 0 Å². The normalized spacial score (nSPS) is 11.2. The van der Waals surface area contributed by atoms with E-state index in [0.29, 0.717) is 0 Å². The number of aromatic nitrogens is 2. The molecule has 0 aliphatic heterocycles. The first kappa shape index (κ1) is 13.3. The molecule has 1 aromatic carbocycles. The third kappa shape index (κ3) is 2.76. The van der Waals surface area contributed by atoms with Crippen molar-refractivity contribution in [2.75, 3.05) is 6.54 Å². The monoisotopic (exact) mass is 285 g/mol. The Balaban J connectivity index is 1.91. The van der Waals surface area contributed by atoms with Gasteiger partial charge in [0, 0.05) is 28.2 Å². The zero-order valence-electron chi connectivity index (χ0n) is 11.5. The van der Waals surface area contributed by atoms with E-state index in [9.17, 15) is 0 Å². The number of hydrogen-bond donors (Lipinski definition) is 1. The molecule has 0 bridgehead atoms. The fourth-order valence-electron chi connectivity index (χ4n) is 2.60. The largest absolute Gasteiger partial charge is 0.342 e. The zero-order valence-corrected chi connectivity index (χ0v) is 12.3. The lowest BCUT2D eigenvalue weighted by atomic mass is 10.1. The maximum atomic E-state index is 5.59. The Hall–Kier alpha value is -1.65. The Morgan fingerprint density at radius 1 is 1.20 bits per heavy atom. The maximum absolute atomic E-state index is 5.59. The molecule has 0 spiro atoms. The summed E-state index contributed by atoms with van der Waals surface area (Å²) < 4.78 is 2.33. The van der Waals surface area contributed by atoms with E-state index in [1.807, 2.05) is 11.7 Å². The first-order valence-electron chi connectivity index (χ1n) is 7.02. The second kappa shape index (κ2) is 6.20. The number of thiazole rings is 1. The molecule has 3 nitrogen and oxygen atoms in total. The van der Waals surface area contributed by atoms with Crippen molar-refractivity contribution in [3.63, 3.8) is 0 Å². The molecule has 104 valence electrons. The molecule has 3 aromatic rings. The van der Waals surface area contributed by atoms with Gasteiger partial charge in [0.1, 0.15) is 0 Å². The number of unbranched alkanes of at least 4 members (excludes halogenated alkanes) is 1. The molecule has 2 aromatic heterocycles. The van der Waals surface area contributed by atoms with Gasteiger partial charge in [0.2, 0.25) is 0 Å². The minimum Gasteiger partial charge on any atom is -0.342 e. The van der Waals surface area contributed by atoms with Gasteiger partial charge in [0.25, 0.3) is 0 Å². The Bertz CT molecular complexity index is 670. The van der Waals surface area contributed by atoms with E-state index in [1.165, 1.54) is 21.3 Å². The van der Waals surface area contributed by atoms with Gasteiger partial charge in [-0.2, -0.15) is 0 Å². The quantitative estimate of drug-likeness (QED) is 0.705. The molecule has 2 heterocycles. The molecule has 0 atom stereocenters. The highest BCUT2D eigenvalue weighted by atomic mass is 32.1. The molecule has 4 heteroatoms. The van der Waals surface area contributed by atoms with Crippen molar-refractivity contribution in [1.82, 2.24) is 9.55 Å². The summed E-state index contributed by atoms with van der Waals surface area (Å²) in [5, 5.41) is 1.37. The SMILES string of the molecule is NCCCCc1cn(Cc2cncs2)c2ccccc12. The summed E-state index contributed by atoms with van der Waals surface area (Å²) in [5.41, 5.74) is 10.2. The number of fused-ring (bicyclic) bond motifs is 1. The molecular formula is C16H19N3S. The maximum Gasteiger partial charge on any atom is 0.0794 e. The Kier molecular flexibility index (Phi) is 4.14. The molecular weight excluding hydrogens is 266 g/mol. The standard InChI is InChI=1S/C16H19N3S/c17-8-4-3-5-13-10-19(11-14-9-18-12-20-14)16-7-2-1-6-15(13)16/h1-2,6-7,9-10,12H,3-5,8,11,17H2. The van der Waals surface area contributed by atoms with E-state index in [4.69, 9.17) is 5.73 Å². The highest BCUT2D eigenvalue weighted by molar-refractivity contribution is 7.09. The number of rotatable bonds is 6. The molecule has 0 fully saturated rings. The minimum absolute atomic E-state index is 0.777. The lowest BCUT2D eigenvalue weighted by Crippen LogP contribution is -1.99. The van der Waals surface area contributed by atoms with Gasteiger partial charge in [-0.05, 0) is 37.4 Å². The minimum atomic E-state index is 0.777. The topological polar surface area (TPSA) is 43.8 Å². The van der Waals surface area contributed by atoms with Crippen LogP contribution in [0.3, 0.4) is 0 Å². The van der Waals surface area contributed by atoms with Crippen LogP contribution in [0.1, 0.15) is 23.3 Å². The van der Waals surface area contributed by atoms with Gasteiger partial charge >= 0.3 is 0 Å². The number of nitrogens with two attached hydrogens (primary N) is 1. The van der Waals surface area contributed by atoms with Crippen molar-refractivity contribution in [3.8, 4) is 0 Å². The van der Waals surface area contributed by atoms with Crippen molar-refractivity contribution >= 4 is 22.2 Å². The first-order valence-corrected chi connectivity index (χ1v) is 7.90. The van der Waals surface area contributed by atoms with E-state index in [-0.39, 0.29) is 0 Å². The molecule has 0 saturated carbocycles. The summed E-state index contributed by atoms with van der Waals surface area (Å²) in [6, 6.07) is 8.64. The van der Waals surface area contributed by atoms with Crippen molar-refractivity contribution in [2.45, 2.75) is 25.8 Å². The third-order valence-corrected chi connectivity index (χ3v) is 4.35. The Labute approximate surface area is 123 Å². The molecule has 20 heavy (non-hydrogen) atoms. The Morgan fingerprint density at radius 2 is 2.10 bits per heavy atom. The average molecular weight is 285 g/mol. The highest BCUT2D eigenvalue weighted by Crippen LogP contribution is 2.24. The summed E-state index contributed by atoms with van der Waals surface area (Å²) >= 11 is 1.71. The summed E-state index contributed by atoms with van der Waals surface area (Å²) in [4.78, 5) is 5.45. The van der Waals surface area contributed by atoms with Crippen LogP contribution in [-0.2, 0) is 13.0 Å². The van der Waals surface area contributed by atoms with Crippen molar-refractivity contribution < 1.29 is 0 Å². The number of para-hydroxylation sites is 1. The zero-order chi connectivity index (χ0) is 13.8. The predicted octanol–water partition coefficient (Wildman–Crippen LogP) is 3.43. The predicted molar refractivity (Wildman–Crippen MR) is 85.1 cm³/mol. The summed E-state index contributed by atoms with van der Waals surface area (Å²) in [7, 11) is 0. The molecule has 0 aliphatic rings. The second-order valence-electron chi connectivity index (χ2n) is 5.01. The van der Waals surface area contributed by atoms with Crippen LogP contribution in [0.2, 0.25) is 0 Å². The lowest BCUT2D eigenvalue weighted by molar-refractivity contribution is 0.742. The lowest BCUT2D eigenvalue weighted by Gasteiger charge is -2.02. The van der Waals surface area contributed by atoms with Crippen LogP contribution in [0.15, 0.2) is 42.2 Å². The third-order valence-electron chi connectivity index (χ3n) is 3.58. The van der Waals surface area contributed by atoms with Gasteiger partial charge in [-0.1, -0.05) is 18.2 Å². The van der Waals surface area contributed by atoms with E-state index >= 15 is 0 Å². The van der Waals surface area contributed by atoms with Crippen LogP contribution >= 0.6 is 11.3 Å². The van der Waals surface area contributed by atoms with Crippen LogP contribution in [-0.4, -0.2) is 16.1 Å². The van der Waals surface area contributed by atoms with Crippen LogP contribution in [0.5, 0.6) is 0 Å². The van der Waals surface area contributed by atoms with Gasteiger partial charge in [0.15, 0.2) is 0 Å². The summed E-state index contributed by atoms with van der Waals surface area (Å²) in [5.74, 6) is 0. The van der Waals surface area contributed by atoms with E-state index in [0.717, 1.165) is 32.4 Å².